The van der Waals surface area contributed by atoms with E-state index in [-0.39, 0.29) is 34.5 Å². The summed E-state index contributed by atoms with van der Waals surface area (Å²) >= 11 is 0. The summed E-state index contributed by atoms with van der Waals surface area (Å²) in [7, 11) is 2.08. The summed E-state index contributed by atoms with van der Waals surface area (Å²) in [5, 5.41) is 5.61. The zero-order chi connectivity index (χ0) is 24.4. The molecule has 0 bridgehead atoms. The Hall–Kier alpha value is -3.22. The Morgan fingerprint density at radius 3 is 2.41 bits per heavy atom. The molecule has 34 heavy (non-hydrogen) atoms. The molecule has 0 amide bonds. The number of fused-ring (bicyclic) bond motifs is 3. The molecule has 182 valence electrons. The lowest BCUT2D eigenvalue weighted by atomic mass is 9.85. The van der Waals surface area contributed by atoms with Crippen LogP contribution >= 0.6 is 0 Å². The fourth-order valence-electron chi connectivity index (χ4n) is 5.09. The first-order chi connectivity index (χ1) is 16.2. The quantitative estimate of drug-likeness (QED) is 0.612. The Labute approximate surface area is 196 Å². The SMILES string of the molecule is COc1ccc2c(c1OC)C(=O)O[C@@H]2[C@H]1c2c(c(S(N)(=O)=O)c3c(c2OC)OCO3)CCN1C. The number of methoxy groups -OCH3 is 3. The predicted octanol–water partition coefficient (Wildman–Crippen LogP) is 1.53. The second kappa shape index (κ2) is 7.93. The number of hydrogen-bond donors (Lipinski definition) is 1. The van der Waals surface area contributed by atoms with E-state index in [0.717, 1.165) is 0 Å². The maximum absolute atomic E-state index is 13.0. The van der Waals surface area contributed by atoms with Gasteiger partial charge in [-0.2, -0.15) is 0 Å². The van der Waals surface area contributed by atoms with Gasteiger partial charge in [-0.1, -0.05) is 6.07 Å². The van der Waals surface area contributed by atoms with Gasteiger partial charge in [0.1, 0.15) is 16.6 Å². The summed E-state index contributed by atoms with van der Waals surface area (Å²) in [6.45, 7) is 0.301. The number of ether oxygens (including phenoxy) is 6. The molecule has 3 aliphatic heterocycles. The maximum Gasteiger partial charge on any atom is 0.343 e. The molecule has 0 radical (unpaired) electrons. The molecule has 0 spiro atoms. The minimum atomic E-state index is -4.17. The van der Waals surface area contributed by atoms with Crippen molar-refractivity contribution in [3.63, 3.8) is 0 Å². The van der Waals surface area contributed by atoms with Crippen LogP contribution in [0.15, 0.2) is 17.0 Å². The summed E-state index contributed by atoms with van der Waals surface area (Å²) < 4.78 is 58.7. The predicted molar refractivity (Wildman–Crippen MR) is 117 cm³/mol. The fraction of sp³-hybridized carbons (Fsp3) is 0.409. The van der Waals surface area contributed by atoms with Gasteiger partial charge in [0.05, 0.1) is 27.4 Å². The van der Waals surface area contributed by atoms with Crippen LogP contribution in [0, 0.1) is 0 Å². The number of nitrogens with zero attached hydrogens (tertiary/aromatic N) is 1. The third kappa shape index (κ3) is 3.09. The summed E-state index contributed by atoms with van der Waals surface area (Å²) in [5.74, 6) is 0.612. The molecule has 2 N–H and O–H groups in total. The van der Waals surface area contributed by atoms with Gasteiger partial charge in [0.15, 0.2) is 23.0 Å². The Kier molecular flexibility index (Phi) is 5.26. The van der Waals surface area contributed by atoms with Crippen LogP contribution in [0.5, 0.6) is 28.7 Å². The van der Waals surface area contributed by atoms with E-state index in [1.165, 1.54) is 21.3 Å². The third-order valence-electron chi connectivity index (χ3n) is 6.45. The summed E-state index contributed by atoms with van der Waals surface area (Å²) in [5.41, 5.74) is 1.82. The first kappa shape index (κ1) is 22.6. The molecule has 2 atom stereocenters. The zero-order valence-corrected chi connectivity index (χ0v) is 19.9. The number of likely N-dealkylation sites (N-methyl/N-ethyl adjacent to an activating group) is 1. The highest BCUT2D eigenvalue weighted by molar-refractivity contribution is 7.89. The van der Waals surface area contributed by atoms with Crippen molar-refractivity contribution in [2.45, 2.75) is 23.5 Å². The topological polar surface area (TPSA) is 136 Å². The van der Waals surface area contributed by atoms with Gasteiger partial charge in [-0.15, -0.1) is 0 Å². The van der Waals surface area contributed by atoms with E-state index in [9.17, 15) is 13.2 Å². The first-order valence-electron chi connectivity index (χ1n) is 10.4. The molecule has 3 heterocycles. The van der Waals surface area contributed by atoms with Gasteiger partial charge in [0.25, 0.3) is 0 Å². The molecular formula is C22H24N2O9S. The van der Waals surface area contributed by atoms with Gasteiger partial charge in [0.2, 0.25) is 22.6 Å². The molecule has 0 fully saturated rings. The number of carbonyl (C=O) groups excluding carboxylic acids is 1. The number of esters is 1. The van der Waals surface area contributed by atoms with E-state index in [2.05, 4.69) is 0 Å². The van der Waals surface area contributed by atoms with E-state index in [1.54, 1.807) is 12.1 Å². The van der Waals surface area contributed by atoms with Crippen LogP contribution in [0.2, 0.25) is 0 Å². The minimum absolute atomic E-state index is 0.0385. The largest absolute Gasteiger partial charge is 0.493 e. The number of hydrogen-bond acceptors (Lipinski definition) is 10. The molecular weight excluding hydrogens is 468 g/mol. The van der Waals surface area contributed by atoms with Crippen LogP contribution in [0.1, 0.15) is 39.2 Å². The van der Waals surface area contributed by atoms with E-state index in [4.69, 9.17) is 33.6 Å². The number of rotatable bonds is 5. The number of nitrogens with two attached hydrogens (primary N) is 1. The van der Waals surface area contributed by atoms with Crippen molar-refractivity contribution >= 4 is 16.0 Å². The molecule has 5 rings (SSSR count). The molecule has 0 aromatic heterocycles. The summed E-state index contributed by atoms with van der Waals surface area (Å²) in [4.78, 5) is 14.8. The monoisotopic (exact) mass is 492 g/mol. The van der Waals surface area contributed by atoms with E-state index in [1.807, 2.05) is 11.9 Å². The van der Waals surface area contributed by atoms with Crippen molar-refractivity contribution in [3.8, 4) is 28.7 Å². The van der Waals surface area contributed by atoms with Gasteiger partial charge in [-0.05, 0) is 25.1 Å². The van der Waals surface area contributed by atoms with Crippen LogP contribution in [0.4, 0.5) is 0 Å². The second-order valence-electron chi connectivity index (χ2n) is 8.13. The molecule has 0 unspecified atom stereocenters. The van der Waals surface area contributed by atoms with Gasteiger partial charge in [-0.3, -0.25) is 4.90 Å². The average molecular weight is 493 g/mol. The van der Waals surface area contributed by atoms with Crippen LogP contribution in [0.25, 0.3) is 0 Å². The standard InChI is InChI=1S/C22H24N2O9S/c1-24-8-7-11-13(18(30-4)19-20(32-9-31-19)21(11)34(23,26)27)15(24)16-10-5-6-12(28-2)17(29-3)14(10)22(25)33-16/h5-6,15-16H,7-9H2,1-4H3,(H2,23,26,27)/t15-,16+/m1/s1. The highest BCUT2D eigenvalue weighted by Crippen LogP contribution is 2.57. The van der Waals surface area contributed by atoms with Crippen LogP contribution in [-0.4, -0.2) is 61.0 Å². The van der Waals surface area contributed by atoms with Gasteiger partial charge < -0.3 is 28.4 Å². The minimum Gasteiger partial charge on any atom is -0.493 e. The lowest BCUT2D eigenvalue weighted by Gasteiger charge is -2.39. The van der Waals surface area contributed by atoms with Crippen molar-refractivity contribution < 1.29 is 41.6 Å². The fourth-order valence-corrected chi connectivity index (χ4v) is 6.06. The number of primary sulfonamides is 1. The smallest absolute Gasteiger partial charge is 0.343 e. The van der Waals surface area contributed by atoms with Gasteiger partial charge in [-0.25, -0.2) is 18.4 Å². The van der Waals surface area contributed by atoms with Crippen LogP contribution in [0.3, 0.4) is 0 Å². The Balaban J connectivity index is 1.78. The number of benzene rings is 2. The van der Waals surface area contributed by atoms with Crippen molar-refractivity contribution in [1.82, 2.24) is 4.90 Å². The average Bonchev–Trinajstić information content (AvgIpc) is 3.40. The first-order valence-corrected chi connectivity index (χ1v) is 12.0. The lowest BCUT2D eigenvalue weighted by Crippen LogP contribution is -2.37. The number of cyclic esters (lactones) is 1. The lowest BCUT2D eigenvalue weighted by molar-refractivity contribution is 0.00855. The molecule has 2 aromatic carbocycles. The second-order valence-corrected chi connectivity index (χ2v) is 9.63. The molecule has 0 saturated carbocycles. The Morgan fingerprint density at radius 2 is 1.76 bits per heavy atom. The molecule has 3 aliphatic rings. The van der Waals surface area contributed by atoms with Gasteiger partial charge in [0, 0.05) is 17.7 Å². The maximum atomic E-state index is 13.0. The van der Waals surface area contributed by atoms with Crippen LogP contribution in [-0.2, 0) is 21.2 Å². The Bertz CT molecular complexity index is 1310. The summed E-state index contributed by atoms with van der Waals surface area (Å²) in [6.07, 6.45) is -0.422. The summed E-state index contributed by atoms with van der Waals surface area (Å²) in [6, 6.07) is 2.84. The number of sulfonamides is 1. The van der Waals surface area contributed by atoms with E-state index < -0.39 is 28.1 Å². The van der Waals surface area contributed by atoms with Crippen molar-refractivity contribution in [1.29, 1.82) is 0 Å². The normalized spacial score (nSPS) is 21.0. The molecule has 0 saturated heterocycles. The van der Waals surface area contributed by atoms with E-state index >= 15 is 0 Å². The Morgan fingerprint density at radius 1 is 1.06 bits per heavy atom. The van der Waals surface area contributed by atoms with E-state index in [0.29, 0.717) is 41.2 Å². The molecule has 2 aromatic rings. The van der Waals surface area contributed by atoms with Crippen molar-refractivity contribution in [3.05, 3.63) is 34.4 Å². The third-order valence-corrected chi connectivity index (χ3v) is 7.45. The highest BCUT2D eigenvalue weighted by Gasteiger charge is 2.48. The van der Waals surface area contributed by atoms with Crippen molar-refractivity contribution in [2.75, 3.05) is 41.7 Å². The van der Waals surface area contributed by atoms with Gasteiger partial charge >= 0.3 is 5.97 Å². The zero-order valence-electron chi connectivity index (χ0n) is 19.0. The van der Waals surface area contributed by atoms with Crippen molar-refractivity contribution in [2.24, 2.45) is 5.14 Å². The van der Waals surface area contributed by atoms with Crippen LogP contribution < -0.4 is 28.8 Å². The molecule has 11 nitrogen and oxygen atoms in total. The molecule has 12 heteroatoms. The number of carbonyl (C=O) groups is 1. The highest BCUT2D eigenvalue weighted by atomic mass is 32.2. The molecule has 0 aliphatic carbocycles.